The number of hydrogen-bond acceptors (Lipinski definition) is 1. The van der Waals surface area contributed by atoms with Crippen molar-refractivity contribution in [2.45, 2.75) is 0 Å². The zero-order valence-electron chi connectivity index (χ0n) is 6.55. The van der Waals surface area contributed by atoms with Gasteiger partial charge in [-0.05, 0) is 17.7 Å². The van der Waals surface area contributed by atoms with E-state index in [1.54, 1.807) is 18.5 Å². The normalized spacial score (nSPS) is 9.85. The number of rotatable bonds is 1. The van der Waals surface area contributed by atoms with Gasteiger partial charge in [0.05, 0.1) is 0 Å². The Morgan fingerprint density at radius 3 is 1.77 bits per heavy atom. The van der Waals surface area contributed by atoms with Crippen LogP contribution in [0.4, 0.5) is 0 Å². The molecule has 1 aromatic rings. The van der Waals surface area contributed by atoms with Gasteiger partial charge in [-0.25, -0.2) is 0 Å². The van der Waals surface area contributed by atoms with Crippen LogP contribution in [0.15, 0.2) is 31.1 Å². The van der Waals surface area contributed by atoms with Crippen molar-refractivity contribution in [1.29, 1.82) is 0 Å². The van der Waals surface area contributed by atoms with Crippen LogP contribution in [0.5, 0.6) is 0 Å². The average molecular weight is 366 g/mol. The summed E-state index contributed by atoms with van der Waals surface area (Å²) in [5.41, 5.74) is 1.11. The molecule has 1 aromatic heterocycles. The van der Waals surface area contributed by atoms with Gasteiger partial charge in [0, 0.05) is 12.4 Å². The molecule has 0 spiro atoms. The molecular weight excluding hydrogens is 359 g/mol. The molecule has 0 aliphatic heterocycles. The van der Waals surface area contributed by atoms with Gasteiger partial charge in [0.25, 0.3) is 0 Å². The summed E-state index contributed by atoms with van der Waals surface area (Å²) in [6.07, 6.45) is 5.29. The Hall–Kier alpha value is 0.849. The van der Waals surface area contributed by atoms with E-state index >= 15 is 0 Å². The molecule has 0 bridgehead atoms. The van der Waals surface area contributed by atoms with Crippen LogP contribution in [-0.2, 0) is 0 Å². The summed E-state index contributed by atoms with van der Waals surface area (Å²) in [6, 6.07) is 3.82. The van der Waals surface area contributed by atoms with Crippen molar-refractivity contribution in [3.8, 4) is 0 Å². The standard InChI is InChI=1S/C7H7N.4ClH.Sn/c1-2-7-3-5-8-6-4-7;;;;;/h2-6H,1H2;4*1H;/q;;;;;+4/p-4. The van der Waals surface area contributed by atoms with Crippen LogP contribution < -0.4 is 0 Å². The van der Waals surface area contributed by atoms with Crippen molar-refractivity contribution in [2.24, 2.45) is 0 Å². The van der Waals surface area contributed by atoms with E-state index in [1.807, 2.05) is 12.1 Å². The second kappa shape index (κ2) is 7.18. The third-order valence-corrected chi connectivity index (χ3v) is 0.942. The SMILES string of the molecule is C=Cc1ccncc1.[Cl][Sn]([Cl])([Cl])[Cl]. The first kappa shape index (κ1) is 13.8. The Labute approximate surface area is 96.4 Å². The van der Waals surface area contributed by atoms with Crippen LogP contribution in [0.3, 0.4) is 0 Å². The summed E-state index contributed by atoms with van der Waals surface area (Å²) in [5, 5.41) is 0. The number of pyridine rings is 1. The summed E-state index contributed by atoms with van der Waals surface area (Å²) in [4.78, 5) is 3.85. The molecule has 1 heterocycles. The molecule has 0 aromatic carbocycles. The molecule has 0 amide bonds. The van der Waals surface area contributed by atoms with Crippen LogP contribution in [-0.4, -0.2) is 18.9 Å². The zero-order chi connectivity index (χ0) is 10.3. The van der Waals surface area contributed by atoms with E-state index < -0.39 is 13.9 Å². The molecule has 0 saturated heterocycles. The molecule has 0 unspecified atom stereocenters. The molecule has 6 heteroatoms. The van der Waals surface area contributed by atoms with Gasteiger partial charge >= 0.3 is 49.6 Å². The van der Waals surface area contributed by atoms with Gasteiger partial charge in [0.2, 0.25) is 0 Å². The van der Waals surface area contributed by atoms with Crippen molar-refractivity contribution in [2.75, 3.05) is 0 Å². The molecule has 0 saturated carbocycles. The third-order valence-electron chi connectivity index (χ3n) is 0.942. The topological polar surface area (TPSA) is 12.9 Å². The van der Waals surface area contributed by atoms with Crippen LogP contribution >= 0.6 is 35.7 Å². The second-order valence-electron chi connectivity index (χ2n) is 1.91. The Morgan fingerprint density at radius 2 is 1.54 bits per heavy atom. The summed E-state index contributed by atoms with van der Waals surface area (Å²) < 4.78 is 0. The fourth-order valence-corrected chi connectivity index (χ4v) is 0.500. The Balaban J connectivity index is 0.000000252. The molecule has 0 radical (unpaired) electrons. The monoisotopic (exact) mass is 365 g/mol. The third kappa shape index (κ3) is 12.8. The van der Waals surface area contributed by atoms with Crippen LogP contribution in [0, 0.1) is 0 Å². The van der Waals surface area contributed by atoms with E-state index in [-0.39, 0.29) is 0 Å². The van der Waals surface area contributed by atoms with Gasteiger partial charge < -0.3 is 0 Å². The maximum absolute atomic E-state index is 5.04. The molecule has 1 rings (SSSR count). The van der Waals surface area contributed by atoms with Crippen molar-refractivity contribution in [3.63, 3.8) is 0 Å². The predicted octanol–water partition coefficient (Wildman–Crippen LogP) is 4.10. The fourth-order valence-electron chi connectivity index (χ4n) is 0.500. The van der Waals surface area contributed by atoms with E-state index in [0.717, 1.165) is 5.56 Å². The first-order chi connectivity index (χ1) is 5.93. The van der Waals surface area contributed by atoms with Crippen molar-refractivity contribution in [1.82, 2.24) is 4.98 Å². The summed E-state index contributed by atoms with van der Waals surface area (Å²) >= 11 is -3.29. The molecule has 0 aliphatic carbocycles. The van der Waals surface area contributed by atoms with Crippen LogP contribution in [0.2, 0.25) is 0 Å². The van der Waals surface area contributed by atoms with Crippen molar-refractivity contribution < 1.29 is 0 Å². The van der Waals surface area contributed by atoms with Gasteiger partial charge in [-0.15, -0.1) is 0 Å². The number of halogens is 4. The second-order valence-corrected chi connectivity index (χ2v) is 27.4. The van der Waals surface area contributed by atoms with E-state index in [9.17, 15) is 0 Å². The molecule has 0 atom stereocenters. The minimum absolute atomic E-state index is 1.11. The average Bonchev–Trinajstić information content (AvgIpc) is 2.03. The van der Waals surface area contributed by atoms with Gasteiger partial charge in [-0.3, -0.25) is 4.98 Å². The maximum atomic E-state index is 5.04. The molecule has 0 N–H and O–H groups in total. The molecule has 72 valence electrons. The Bertz CT molecular complexity index is 240. The van der Waals surface area contributed by atoms with Gasteiger partial charge in [-0.1, -0.05) is 12.7 Å². The number of aromatic nitrogens is 1. The molecule has 0 aliphatic rings. The first-order valence-corrected chi connectivity index (χ1v) is 17.7. The number of hydrogen-bond donors (Lipinski definition) is 0. The molecule has 1 nitrogen and oxygen atoms in total. The summed E-state index contributed by atoms with van der Waals surface area (Å²) in [5.74, 6) is 0. The minimum atomic E-state index is -3.29. The van der Waals surface area contributed by atoms with Crippen LogP contribution in [0.1, 0.15) is 5.56 Å². The van der Waals surface area contributed by atoms with Gasteiger partial charge in [0.15, 0.2) is 0 Å². The molecular formula is C7H7Cl4NSn. The summed E-state index contributed by atoms with van der Waals surface area (Å²) in [6.45, 7) is 3.60. The van der Waals surface area contributed by atoms with Gasteiger partial charge in [-0.2, -0.15) is 0 Å². The molecule has 0 fully saturated rings. The van der Waals surface area contributed by atoms with E-state index in [4.69, 9.17) is 35.7 Å². The summed E-state index contributed by atoms with van der Waals surface area (Å²) in [7, 11) is 20.1. The van der Waals surface area contributed by atoms with E-state index in [2.05, 4.69) is 11.6 Å². The molecule has 13 heavy (non-hydrogen) atoms. The zero-order valence-corrected chi connectivity index (χ0v) is 12.4. The van der Waals surface area contributed by atoms with Gasteiger partial charge in [0.1, 0.15) is 0 Å². The quantitative estimate of drug-likeness (QED) is 0.683. The fraction of sp³-hybridized carbons (Fsp3) is 0. The number of nitrogens with zero attached hydrogens (tertiary/aromatic N) is 1. The predicted molar refractivity (Wildman–Crippen MR) is 63.5 cm³/mol. The van der Waals surface area contributed by atoms with E-state index in [1.165, 1.54) is 0 Å². The van der Waals surface area contributed by atoms with Crippen LogP contribution in [0.25, 0.3) is 6.08 Å². The van der Waals surface area contributed by atoms with Crippen molar-refractivity contribution in [3.05, 3.63) is 36.7 Å². The first-order valence-electron chi connectivity index (χ1n) is 3.21. The van der Waals surface area contributed by atoms with Crippen molar-refractivity contribution >= 4 is 55.6 Å². The Kier molecular flexibility index (Phi) is 7.65. The Morgan fingerprint density at radius 1 is 1.15 bits per heavy atom. The van der Waals surface area contributed by atoms with E-state index in [0.29, 0.717) is 0 Å².